The summed E-state index contributed by atoms with van der Waals surface area (Å²) < 4.78 is 10.6. The van der Waals surface area contributed by atoms with Gasteiger partial charge in [-0.3, -0.25) is 4.98 Å². The maximum absolute atomic E-state index is 5.63. The fraction of sp³-hybridized carbons (Fsp3) is 0.143. The summed E-state index contributed by atoms with van der Waals surface area (Å²) in [6, 6.07) is 11.8. The van der Waals surface area contributed by atoms with Crippen LogP contribution < -0.4 is 4.74 Å². The van der Waals surface area contributed by atoms with Crippen LogP contribution in [0.1, 0.15) is 11.5 Å². The molecule has 4 heteroatoms. The van der Waals surface area contributed by atoms with Crippen LogP contribution in [-0.4, -0.2) is 10.1 Å². The Balaban J connectivity index is 1.78. The molecular weight excluding hydrogens is 228 g/mol. The number of aromatic nitrogens is 2. The second kappa shape index (κ2) is 4.49. The molecule has 2 heterocycles. The van der Waals surface area contributed by atoms with Gasteiger partial charge in [0.1, 0.15) is 23.8 Å². The quantitative estimate of drug-likeness (QED) is 0.705. The van der Waals surface area contributed by atoms with Crippen LogP contribution in [0.2, 0.25) is 0 Å². The Hall–Kier alpha value is -2.36. The molecular formula is C14H12N2O2. The highest BCUT2D eigenvalue weighted by molar-refractivity contribution is 5.79. The minimum Gasteiger partial charge on any atom is -0.486 e. The highest BCUT2D eigenvalue weighted by Gasteiger charge is 2.02. The summed E-state index contributed by atoms with van der Waals surface area (Å²) >= 11 is 0. The summed E-state index contributed by atoms with van der Waals surface area (Å²) in [5, 5.41) is 4.93. The SMILES string of the molecule is Cc1cc(COc2cnc3ccccc3c2)no1. The second-order valence-corrected chi connectivity index (χ2v) is 4.08. The third-order valence-electron chi connectivity index (χ3n) is 2.63. The van der Waals surface area contributed by atoms with Gasteiger partial charge < -0.3 is 9.26 Å². The number of hydrogen-bond acceptors (Lipinski definition) is 4. The zero-order chi connectivity index (χ0) is 12.4. The van der Waals surface area contributed by atoms with E-state index in [1.165, 1.54) is 0 Å². The average Bonchev–Trinajstić information content (AvgIpc) is 2.82. The van der Waals surface area contributed by atoms with E-state index in [2.05, 4.69) is 10.1 Å². The normalized spacial score (nSPS) is 10.7. The molecule has 3 rings (SSSR count). The number of fused-ring (bicyclic) bond motifs is 1. The predicted octanol–water partition coefficient (Wildman–Crippen LogP) is 3.11. The van der Waals surface area contributed by atoms with Gasteiger partial charge in [0.05, 0.1) is 11.7 Å². The number of rotatable bonds is 3. The van der Waals surface area contributed by atoms with Gasteiger partial charge in [-0.15, -0.1) is 0 Å². The molecule has 0 bridgehead atoms. The van der Waals surface area contributed by atoms with Crippen LogP contribution >= 0.6 is 0 Å². The molecule has 0 saturated carbocycles. The van der Waals surface area contributed by atoms with Crippen LogP contribution in [0.15, 0.2) is 47.1 Å². The van der Waals surface area contributed by atoms with Crippen molar-refractivity contribution in [3.8, 4) is 5.75 Å². The van der Waals surface area contributed by atoms with Gasteiger partial charge in [-0.25, -0.2) is 0 Å². The summed E-state index contributed by atoms with van der Waals surface area (Å²) in [7, 11) is 0. The second-order valence-electron chi connectivity index (χ2n) is 4.08. The number of ether oxygens (including phenoxy) is 1. The van der Waals surface area contributed by atoms with Crippen molar-refractivity contribution in [2.45, 2.75) is 13.5 Å². The van der Waals surface area contributed by atoms with Crippen LogP contribution in [0.4, 0.5) is 0 Å². The zero-order valence-electron chi connectivity index (χ0n) is 9.96. The Morgan fingerprint density at radius 3 is 2.94 bits per heavy atom. The van der Waals surface area contributed by atoms with E-state index >= 15 is 0 Å². The largest absolute Gasteiger partial charge is 0.486 e. The molecule has 2 aromatic heterocycles. The monoisotopic (exact) mass is 240 g/mol. The molecule has 18 heavy (non-hydrogen) atoms. The van der Waals surface area contributed by atoms with Gasteiger partial charge >= 0.3 is 0 Å². The lowest BCUT2D eigenvalue weighted by molar-refractivity contribution is 0.287. The van der Waals surface area contributed by atoms with Crippen molar-refractivity contribution in [1.82, 2.24) is 10.1 Å². The molecule has 1 aromatic carbocycles. The fourth-order valence-electron chi connectivity index (χ4n) is 1.77. The molecule has 3 aromatic rings. The Bertz CT molecular complexity index is 676. The van der Waals surface area contributed by atoms with Gasteiger partial charge in [-0.05, 0) is 19.1 Å². The maximum atomic E-state index is 5.63. The number of pyridine rings is 1. The van der Waals surface area contributed by atoms with E-state index in [1.54, 1.807) is 6.20 Å². The van der Waals surface area contributed by atoms with E-state index in [0.29, 0.717) is 6.61 Å². The lowest BCUT2D eigenvalue weighted by Crippen LogP contribution is -1.96. The van der Waals surface area contributed by atoms with Gasteiger partial charge in [0.2, 0.25) is 0 Å². The fourth-order valence-corrected chi connectivity index (χ4v) is 1.77. The van der Waals surface area contributed by atoms with Gasteiger partial charge in [-0.1, -0.05) is 23.4 Å². The molecule has 0 spiro atoms. The highest BCUT2D eigenvalue weighted by atomic mass is 16.5. The third-order valence-corrected chi connectivity index (χ3v) is 2.63. The van der Waals surface area contributed by atoms with Crippen LogP contribution in [0, 0.1) is 6.92 Å². The first-order valence-corrected chi connectivity index (χ1v) is 5.71. The maximum Gasteiger partial charge on any atom is 0.138 e. The van der Waals surface area contributed by atoms with Crippen molar-refractivity contribution in [1.29, 1.82) is 0 Å². The smallest absolute Gasteiger partial charge is 0.138 e. The van der Waals surface area contributed by atoms with Gasteiger partial charge in [0, 0.05) is 11.5 Å². The molecule has 0 saturated heterocycles. The molecule has 0 N–H and O–H groups in total. The number of para-hydroxylation sites is 1. The van der Waals surface area contributed by atoms with Crippen LogP contribution in [0.5, 0.6) is 5.75 Å². The molecule has 4 nitrogen and oxygen atoms in total. The van der Waals surface area contributed by atoms with Crippen molar-refractivity contribution in [2.75, 3.05) is 0 Å². The molecule has 0 radical (unpaired) electrons. The van der Waals surface area contributed by atoms with Crippen LogP contribution in [0.25, 0.3) is 10.9 Å². The number of nitrogens with zero attached hydrogens (tertiary/aromatic N) is 2. The molecule has 90 valence electrons. The molecule has 0 unspecified atom stereocenters. The molecule has 0 fully saturated rings. The van der Waals surface area contributed by atoms with Crippen molar-refractivity contribution in [3.05, 3.63) is 54.0 Å². The molecule has 0 aliphatic rings. The standard InChI is InChI=1S/C14H12N2O2/c1-10-6-12(16-18-10)9-17-13-7-11-4-2-3-5-14(11)15-8-13/h2-8H,9H2,1H3. The van der Waals surface area contributed by atoms with E-state index < -0.39 is 0 Å². The third kappa shape index (κ3) is 2.18. The number of hydrogen-bond donors (Lipinski definition) is 0. The Labute approximate surface area is 104 Å². The average molecular weight is 240 g/mol. The van der Waals surface area contributed by atoms with E-state index in [1.807, 2.05) is 43.3 Å². The first-order chi connectivity index (χ1) is 8.81. The van der Waals surface area contributed by atoms with Gasteiger partial charge in [-0.2, -0.15) is 0 Å². The Morgan fingerprint density at radius 2 is 2.11 bits per heavy atom. The van der Waals surface area contributed by atoms with E-state index in [-0.39, 0.29) is 0 Å². The van der Waals surface area contributed by atoms with Crippen LogP contribution in [-0.2, 0) is 6.61 Å². The first kappa shape index (κ1) is 10.8. The Kier molecular flexibility index (Phi) is 2.68. The van der Waals surface area contributed by atoms with Crippen molar-refractivity contribution in [3.63, 3.8) is 0 Å². The Morgan fingerprint density at radius 1 is 1.22 bits per heavy atom. The van der Waals surface area contributed by atoms with Crippen molar-refractivity contribution >= 4 is 10.9 Å². The predicted molar refractivity (Wildman–Crippen MR) is 67.3 cm³/mol. The summed E-state index contributed by atoms with van der Waals surface area (Å²) in [4.78, 5) is 4.33. The number of benzene rings is 1. The molecule has 0 aliphatic carbocycles. The first-order valence-electron chi connectivity index (χ1n) is 5.71. The summed E-state index contributed by atoms with van der Waals surface area (Å²) in [6.07, 6.45) is 1.72. The van der Waals surface area contributed by atoms with Gasteiger partial charge in [0.15, 0.2) is 0 Å². The van der Waals surface area contributed by atoms with E-state index in [9.17, 15) is 0 Å². The summed E-state index contributed by atoms with van der Waals surface area (Å²) in [5.74, 6) is 1.51. The minimum absolute atomic E-state index is 0.386. The lowest BCUT2D eigenvalue weighted by Gasteiger charge is -2.04. The minimum atomic E-state index is 0.386. The summed E-state index contributed by atoms with van der Waals surface area (Å²) in [6.45, 7) is 2.24. The van der Waals surface area contributed by atoms with Crippen molar-refractivity contribution in [2.24, 2.45) is 0 Å². The zero-order valence-corrected chi connectivity index (χ0v) is 9.96. The highest BCUT2D eigenvalue weighted by Crippen LogP contribution is 2.18. The molecule has 0 amide bonds. The van der Waals surface area contributed by atoms with Crippen LogP contribution in [0.3, 0.4) is 0 Å². The lowest BCUT2D eigenvalue weighted by atomic mass is 10.2. The van der Waals surface area contributed by atoms with E-state index in [0.717, 1.165) is 28.1 Å². The molecule has 0 atom stereocenters. The summed E-state index contributed by atoms with van der Waals surface area (Å²) in [5.41, 5.74) is 1.74. The van der Waals surface area contributed by atoms with Crippen molar-refractivity contribution < 1.29 is 9.26 Å². The van der Waals surface area contributed by atoms with E-state index in [4.69, 9.17) is 9.26 Å². The topological polar surface area (TPSA) is 48.2 Å². The molecule has 0 aliphatic heterocycles. The van der Waals surface area contributed by atoms with Gasteiger partial charge in [0.25, 0.3) is 0 Å². The number of aryl methyl sites for hydroxylation is 1.